The molecule has 0 spiro atoms. The first-order valence-corrected chi connectivity index (χ1v) is 7.50. The third kappa shape index (κ3) is 2.78. The molecule has 2 unspecified atom stereocenters. The van der Waals surface area contributed by atoms with Crippen LogP contribution in [-0.2, 0) is 16.0 Å². The molecular formula is C16H20N2O3. The van der Waals surface area contributed by atoms with E-state index in [4.69, 9.17) is 0 Å². The molecule has 1 saturated heterocycles. The number of nitrogens with zero attached hydrogens (tertiary/aromatic N) is 1. The normalized spacial score (nSPS) is 26.6. The van der Waals surface area contributed by atoms with E-state index in [0.717, 1.165) is 30.4 Å². The number of fused-ring (bicyclic) bond motifs is 1. The predicted molar refractivity (Wildman–Crippen MR) is 77.9 cm³/mol. The zero-order valence-electron chi connectivity index (χ0n) is 11.9. The van der Waals surface area contributed by atoms with Crippen molar-refractivity contribution in [2.45, 2.75) is 37.8 Å². The third-order valence-corrected chi connectivity index (χ3v) is 4.48. The van der Waals surface area contributed by atoms with Crippen LogP contribution >= 0.6 is 0 Å². The lowest BCUT2D eigenvalue weighted by molar-refractivity contribution is -0.146. The summed E-state index contributed by atoms with van der Waals surface area (Å²) in [4.78, 5) is 25.6. The first kappa shape index (κ1) is 14.1. The molecule has 112 valence electrons. The van der Waals surface area contributed by atoms with Gasteiger partial charge in [-0.25, -0.2) is 0 Å². The standard InChI is InChI=1S/C16H20N2O3/c19-14-10-12(5-3-8-17-14)18-9-7-11-4-1-2-6-13(11)15(18)16(20)21/h1-2,4,6,12,15H,3,5,7-10H2,(H,17,19)(H,20,21). The minimum Gasteiger partial charge on any atom is -0.480 e. The summed E-state index contributed by atoms with van der Waals surface area (Å²) in [6.07, 6.45) is 3.01. The topological polar surface area (TPSA) is 69.6 Å². The number of hydrogen-bond donors (Lipinski definition) is 2. The van der Waals surface area contributed by atoms with Crippen LogP contribution < -0.4 is 5.32 Å². The minimum absolute atomic E-state index is 0.0157. The molecule has 0 bridgehead atoms. The summed E-state index contributed by atoms with van der Waals surface area (Å²) in [5.74, 6) is -0.799. The van der Waals surface area contributed by atoms with Gasteiger partial charge >= 0.3 is 5.97 Å². The number of benzene rings is 1. The molecule has 2 aliphatic heterocycles. The van der Waals surface area contributed by atoms with Crippen molar-refractivity contribution in [1.82, 2.24) is 10.2 Å². The van der Waals surface area contributed by atoms with Crippen molar-refractivity contribution in [2.24, 2.45) is 0 Å². The Bertz CT molecular complexity index is 558. The number of aliphatic carboxylic acids is 1. The SMILES string of the molecule is O=C1CC(N2CCc3ccccc3C2C(=O)O)CCCN1. The zero-order chi connectivity index (χ0) is 14.8. The van der Waals surface area contributed by atoms with Crippen molar-refractivity contribution < 1.29 is 14.7 Å². The van der Waals surface area contributed by atoms with Crippen LogP contribution in [0.3, 0.4) is 0 Å². The number of rotatable bonds is 2. The van der Waals surface area contributed by atoms with Gasteiger partial charge in [-0.15, -0.1) is 0 Å². The number of nitrogens with one attached hydrogen (secondary N) is 1. The van der Waals surface area contributed by atoms with E-state index in [1.807, 2.05) is 29.2 Å². The first-order valence-electron chi connectivity index (χ1n) is 7.50. The average Bonchev–Trinajstić information content (AvgIpc) is 2.70. The second kappa shape index (κ2) is 5.85. The summed E-state index contributed by atoms with van der Waals surface area (Å²) in [6.45, 7) is 1.39. The Labute approximate surface area is 123 Å². The van der Waals surface area contributed by atoms with Gasteiger partial charge in [0.1, 0.15) is 6.04 Å². The molecule has 2 heterocycles. The molecule has 0 aliphatic carbocycles. The highest BCUT2D eigenvalue weighted by Crippen LogP contribution is 2.33. The number of carbonyl (C=O) groups excluding carboxylic acids is 1. The van der Waals surface area contributed by atoms with Crippen LogP contribution in [0.1, 0.15) is 36.4 Å². The number of carbonyl (C=O) groups is 2. The van der Waals surface area contributed by atoms with E-state index in [1.165, 1.54) is 0 Å². The molecule has 0 saturated carbocycles. The molecule has 0 radical (unpaired) electrons. The smallest absolute Gasteiger partial charge is 0.325 e. The van der Waals surface area contributed by atoms with Crippen LogP contribution in [0.4, 0.5) is 0 Å². The Kier molecular flexibility index (Phi) is 3.92. The Morgan fingerprint density at radius 1 is 1.33 bits per heavy atom. The second-order valence-electron chi connectivity index (χ2n) is 5.78. The highest BCUT2D eigenvalue weighted by molar-refractivity contribution is 5.78. The van der Waals surface area contributed by atoms with Crippen molar-refractivity contribution in [3.8, 4) is 0 Å². The summed E-state index contributed by atoms with van der Waals surface area (Å²) in [6, 6.07) is 7.12. The fourth-order valence-corrected chi connectivity index (χ4v) is 3.49. The number of carboxylic acids is 1. The van der Waals surface area contributed by atoms with Gasteiger partial charge in [0.2, 0.25) is 5.91 Å². The van der Waals surface area contributed by atoms with Crippen LogP contribution in [0.25, 0.3) is 0 Å². The average molecular weight is 288 g/mol. The van der Waals surface area contributed by atoms with E-state index in [9.17, 15) is 14.7 Å². The van der Waals surface area contributed by atoms with E-state index in [2.05, 4.69) is 5.32 Å². The summed E-state index contributed by atoms with van der Waals surface area (Å²) in [5.41, 5.74) is 1.99. The maximum absolute atomic E-state index is 11.8. The van der Waals surface area contributed by atoms with Crippen molar-refractivity contribution in [1.29, 1.82) is 0 Å². The molecular weight excluding hydrogens is 268 g/mol. The van der Waals surface area contributed by atoms with Gasteiger partial charge in [0, 0.05) is 25.6 Å². The summed E-state index contributed by atoms with van der Waals surface area (Å²) in [5, 5.41) is 12.5. The van der Waals surface area contributed by atoms with Gasteiger partial charge < -0.3 is 10.4 Å². The van der Waals surface area contributed by atoms with Crippen LogP contribution in [0.2, 0.25) is 0 Å². The molecule has 2 aliphatic rings. The van der Waals surface area contributed by atoms with Crippen LogP contribution in [-0.4, -0.2) is 41.0 Å². The first-order chi connectivity index (χ1) is 10.2. The Morgan fingerprint density at radius 2 is 2.14 bits per heavy atom. The van der Waals surface area contributed by atoms with Gasteiger partial charge in [0.25, 0.3) is 0 Å². The monoisotopic (exact) mass is 288 g/mol. The van der Waals surface area contributed by atoms with Crippen LogP contribution in [0.5, 0.6) is 0 Å². The van der Waals surface area contributed by atoms with Gasteiger partial charge in [-0.05, 0) is 30.4 Å². The van der Waals surface area contributed by atoms with E-state index in [1.54, 1.807) is 0 Å². The molecule has 5 nitrogen and oxygen atoms in total. The van der Waals surface area contributed by atoms with Gasteiger partial charge in [0.05, 0.1) is 0 Å². The predicted octanol–water partition coefficient (Wildman–Crippen LogP) is 1.34. The second-order valence-corrected chi connectivity index (χ2v) is 5.78. The van der Waals surface area contributed by atoms with Crippen LogP contribution in [0, 0.1) is 0 Å². The fourth-order valence-electron chi connectivity index (χ4n) is 3.49. The van der Waals surface area contributed by atoms with E-state index >= 15 is 0 Å². The van der Waals surface area contributed by atoms with Crippen molar-refractivity contribution in [3.05, 3.63) is 35.4 Å². The quantitative estimate of drug-likeness (QED) is 0.861. The molecule has 2 N–H and O–H groups in total. The number of carboxylic acid groups (broad SMARTS) is 1. The molecule has 1 aromatic carbocycles. The lowest BCUT2D eigenvalue weighted by Gasteiger charge is -2.39. The number of hydrogen-bond acceptors (Lipinski definition) is 3. The molecule has 1 fully saturated rings. The number of amides is 1. The summed E-state index contributed by atoms with van der Waals surface area (Å²) < 4.78 is 0. The van der Waals surface area contributed by atoms with E-state index < -0.39 is 12.0 Å². The Hall–Kier alpha value is -1.88. The Morgan fingerprint density at radius 3 is 2.95 bits per heavy atom. The highest BCUT2D eigenvalue weighted by Gasteiger charge is 2.37. The van der Waals surface area contributed by atoms with E-state index in [0.29, 0.717) is 19.5 Å². The highest BCUT2D eigenvalue weighted by atomic mass is 16.4. The van der Waals surface area contributed by atoms with Gasteiger partial charge in [0.15, 0.2) is 0 Å². The maximum Gasteiger partial charge on any atom is 0.325 e. The van der Waals surface area contributed by atoms with Gasteiger partial charge in [-0.3, -0.25) is 14.5 Å². The fraction of sp³-hybridized carbons (Fsp3) is 0.500. The molecule has 1 aromatic rings. The lowest BCUT2D eigenvalue weighted by Crippen LogP contribution is -2.46. The summed E-state index contributed by atoms with van der Waals surface area (Å²) in [7, 11) is 0. The maximum atomic E-state index is 11.8. The lowest BCUT2D eigenvalue weighted by atomic mass is 9.90. The van der Waals surface area contributed by atoms with Crippen molar-refractivity contribution >= 4 is 11.9 Å². The van der Waals surface area contributed by atoms with Gasteiger partial charge in [-0.1, -0.05) is 24.3 Å². The van der Waals surface area contributed by atoms with Gasteiger partial charge in [-0.2, -0.15) is 0 Å². The molecule has 21 heavy (non-hydrogen) atoms. The zero-order valence-corrected chi connectivity index (χ0v) is 11.9. The molecule has 3 rings (SSSR count). The van der Waals surface area contributed by atoms with E-state index in [-0.39, 0.29) is 11.9 Å². The minimum atomic E-state index is -0.827. The van der Waals surface area contributed by atoms with Crippen molar-refractivity contribution in [3.63, 3.8) is 0 Å². The largest absolute Gasteiger partial charge is 0.480 e. The molecule has 1 amide bonds. The summed E-state index contributed by atoms with van der Waals surface area (Å²) >= 11 is 0. The molecule has 5 heteroatoms. The molecule has 0 aromatic heterocycles. The Balaban J connectivity index is 1.91. The van der Waals surface area contributed by atoms with Crippen LogP contribution in [0.15, 0.2) is 24.3 Å². The molecule has 2 atom stereocenters. The van der Waals surface area contributed by atoms with Crippen molar-refractivity contribution in [2.75, 3.05) is 13.1 Å². The third-order valence-electron chi connectivity index (χ3n) is 4.48.